The first-order valence-electron chi connectivity index (χ1n) is 3.59. The molecule has 0 spiro atoms. The largest absolute Gasteiger partial charge is 0.364 e. The molecule has 1 unspecified atom stereocenters. The van der Waals surface area contributed by atoms with Gasteiger partial charge in [-0.3, -0.25) is 0 Å². The number of hydrogen-bond donors (Lipinski definition) is 0. The van der Waals surface area contributed by atoms with Crippen LogP contribution in [0.3, 0.4) is 0 Å². The second kappa shape index (κ2) is 3.34. The van der Waals surface area contributed by atoms with Crippen LogP contribution in [-0.2, 0) is 0 Å². The third kappa shape index (κ3) is 1.83. The predicted octanol–water partition coefficient (Wildman–Crippen LogP) is 0.972. The molecule has 0 N–H and O–H groups in total. The van der Waals surface area contributed by atoms with Crippen LogP contribution in [0.25, 0.3) is 0 Å². The van der Waals surface area contributed by atoms with Crippen LogP contribution in [0, 0.1) is 5.92 Å². The van der Waals surface area contributed by atoms with Crippen molar-refractivity contribution in [2.24, 2.45) is 16.1 Å². The Morgan fingerprint density at radius 2 is 2.40 bits per heavy atom. The highest BCUT2D eigenvalue weighted by atomic mass is 15.3. The van der Waals surface area contributed by atoms with E-state index in [0.29, 0.717) is 5.92 Å². The van der Waals surface area contributed by atoms with Crippen molar-refractivity contribution in [3.8, 4) is 0 Å². The minimum absolute atomic E-state index is 0.562. The molecule has 3 nitrogen and oxygen atoms in total. The van der Waals surface area contributed by atoms with Crippen molar-refractivity contribution in [1.82, 2.24) is 4.90 Å². The standard InChI is InChI=1S/C7H13N3/c1-3-7-4-8-9-6-10(2)5-7/h4,6-7H,3,5H2,1-2H3. The van der Waals surface area contributed by atoms with E-state index < -0.39 is 0 Å². The Labute approximate surface area is 61.4 Å². The van der Waals surface area contributed by atoms with E-state index in [1.807, 2.05) is 13.3 Å². The van der Waals surface area contributed by atoms with E-state index in [1.54, 1.807) is 6.34 Å². The summed E-state index contributed by atoms with van der Waals surface area (Å²) < 4.78 is 0. The van der Waals surface area contributed by atoms with E-state index in [2.05, 4.69) is 22.0 Å². The Morgan fingerprint density at radius 1 is 1.60 bits per heavy atom. The van der Waals surface area contributed by atoms with Crippen molar-refractivity contribution >= 4 is 12.6 Å². The SMILES string of the molecule is CCC1C=NN=CN(C)C1. The smallest absolute Gasteiger partial charge is 0.113 e. The fourth-order valence-electron chi connectivity index (χ4n) is 0.949. The van der Waals surface area contributed by atoms with E-state index in [-0.39, 0.29) is 0 Å². The Bertz CT molecular complexity index is 151. The van der Waals surface area contributed by atoms with Crippen LogP contribution in [0.4, 0.5) is 0 Å². The van der Waals surface area contributed by atoms with Gasteiger partial charge in [-0.05, 0) is 6.42 Å². The zero-order valence-electron chi connectivity index (χ0n) is 6.49. The average molecular weight is 139 g/mol. The first kappa shape index (κ1) is 7.25. The maximum atomic E-state index is 3.88. The molecule has 1 rings (SSSR count). The Balaban J connectivity index is 2.51. The lowest BCUT2D eigenvalue weighted by Gasteiger charge is -2.14. The fraction of sp³-hybridized carbons (Fsp3) is 0.714. The molecule has 1 aliphatic rings. The van der Waals surface area contributed by atoms with Crippen LogP contribution in [0.15, 0.2) is 10.2 Å². The lowest BCUT2D eigenvalue weighted by molar-refractivity contribution is 0.457. The van der Waals surface area contributed by atoms with E-state index >= 15 is 0 Å². The van der Waals surface area contributed by atoms with Gasteiger partial charge in [-0.25, -0.2) is 0 Å². The molecule has 1 atom stereocenters. The summed E-state index contributed by atoms with van der Waals surface area (Å²) >= 11 is 0. The van der Waals surface area contributed by atoms with Crippen LogP contribution in [0.2, 0.25) is 0 Å². The molecule has 0 aliphatic carbocycles. The third-order valence-corrected chi connectivity index (χ3v) is 1.64. The van der Waals surface area contributed by atoms with Crippen molar-refractivity contribution in [2.45, 2.75) is 13.3 Å². The normalized spacial score (nSPS) is 25.0. The molecular weight excluding hydrogens is 126 g/mol. The molecule has 0 aromatic rings. The zero-order chi connectivity index (χ0) is 7.40. The Kier molecular flexibility index (Phi) is 2.42. The highest BCUT2D eigenvalue weighted by molar-refractivity contribution is 5.65. The molecule has 1 aliphatic heterocycles. The van der Waals surface area contributed by atoms with Gasteiger partial charge in [-0.2, -0.15) is 5.10 Å². The van der Waals surface area contributed by atoms with Gasteiger partial charge in [0, 0.05) is 25.7 Å². The maximum Gasteiger partial charge on any atom is 0.113 e. The third-order valence-electron chi connectivity index (χ3n) is 1.64. The van der Waals surface area contributed by atoms with Crippen molar-refractivity contribution in [2.75, 3.05) is 13.6 Å². The molecule has 56 valence electrons. The van der Waals surface area contributed by atoms with Crippen molar-refractivity contribution in [3.05, 3.63) is 0 Å². The highest BCUT2D eigenvalue weighted by Crippen LogP contribution is 2.02. The molecule has 0 fully saturated rings. The topological polar surface area (TPSA) is 28.0 Å². The van der Waals surface area contributed by atoms with Crippen LogP contribution in [0.1, 0.15) is 13.3 Å². The van der Waals surface area contributed by atoms with Crippen LogP contribution in [0.5, 0.6) is 0 Å². The van der Waals surface area contributed by atoms with Crippen LogP contribution in [-0.4, -0.2) is 31.0 Å². The summed E-state index contributed by atoms with van der Waals surface area (Å²) in [6.07, 6.45) is 4.81. The van der Waals surface area contributed by atoms with Gasteiger partial charge in [0.25, 0.3) is 0 Å². The molecule has 0 bridgehead atoms. The van der Waals surface area contributed by atoms with E-state index in [0.717, 1.165) is 13.0 Å². The predicted molar refractivity (Wildman–Crippen MR) is 43.4 cm³/mol. The first-order valence-corrected chi connectivity index (χ1v) is 3.59. The second-order valence-electron chi connectivity index (χ2n) is 2.60. The average Bonchev–Trinajstić information content (AvgIpc) is 2.13. The van der Waals surface area contributed by atoms with Crippen LogP contribution >= 0.6 is 0 Å². The number of hydrogen-bond acceptors (Lipinski definition) is 3. The molecule has 0 aromatic heterocycles. The summed E-state index contributed by atoms with van der Waals surface area (Å²) in [5, 5.41) is 7.70. The molecule has 10 heavy (non-hydrogen) atoms. The van der Waals surface area contributed by atoms with Gasteiger partial charge < -0.3 is 4.90 Å². The number of rotatable bonds is 1. The molecular formula is C7H13N3. The minimum Gasteiger partial charge on any atom is -0.364 e. The van der Waals surface area contributed by atoms with Crippen LogP contribution < -0.4 is 0 Å². The summed E-state index contributed by atoms with van der Waals surface area (Å²) in [5.74, 6) is 0.562. The maximum absolute atomic E-state index is 3.88. The quantitative estimate of drug-likeness (QED) is 0.532. The lowest BCUT2D eigenvalue weighted by Crippen LogP contribution is -2.23. The molecule has 0 amide bonds. The molecule has 0 radical (unpaired) electrons. The van der Waals surface area contributed by atoms with Gasteiger partial charge in [0.05, 0.1) is 0 Å². The molecule has 0 saturated heterocycles. The van der Waals surface area contributed by atoms with Gasteiger partial charge >= 0.3 is 0 Å². The molecule has 0 saturated carbocycles. The van der Waals surface area contributed by atoms with E-state index in [9.17, 15) is 0 Å². The Hall–Kier alpha value is -0.860. The van der Waals surface area contributed by atoms with Gasteiger partial charge in [0.15, 0.2) is 0 Å². The zero-order valence-corrected chi connectivity index (χ0v) is 6.49. The lowest BCUT2D eigenvalue weighted by atomic mass is 10.1. The minimum atomic E-state index is 0.562. The van der Waals surface area contributed by atoms with E-state index in [4.69, 9.17) is 0 Å². The first-order chi connectivity index (χ1) is 4.83. The van der Waals surface area contributed by atoms with Crippen molar-refractivity contribution in [3.63, 3.8) is 0 Å². The molecule has 0 aromatic carbocycles. The van der Waals surface area contributed by atoms with Gasteiger partial charge in [-0.1, -0.05) is 6.92 Å². The summed E-state index contributed by atoms with van der Waals surface area (Å²) in [6, 6.07) is 0. The van der Waals surface area contributed by atoms with Gasteiger partial charge in [0.2, 0.25) is 0 Å². The summed E-state index contributed by atoms with van der Waals surface area (Å²) in [7, 11) is 2.01. The highest BCUT2D eigenvalue weighted by Gasteiger charge is 2.06. The van der Waals surface area contributed by atoms with Crippen molar-refractivity contribution in [1.29, 1.82) is 0 Å². The van der Waals surface area contributed by atoms with E-state index in [1.165, 1.54) is 0 Å². The van der Waals surface area contributed by atoms with Gasteiger partial charge in [-0.15, -0.1) is 5.10 Å². The Morgan fingerprint density at radius 3 is 3.10 bits per heavy atom. The summed E-state index contributed by atoms with van der Waals surface area (Å²) in [4.78, 5) is 2.06. The fourth-order valence-corrected chi connectivity index (χ4v) is 0.949. The second-order valence-corrected chi connectivity index (χ2v) is 2.60. The summed E-state index contributed by atoms with van der Waals surface area (Å²) in [6.45, 7) is 3.19. The summed E-state index contributed by atoms with van der Waals surface area (Å²) in [5.41, 5.74) is 0. The monoisotopic (exact) mass is 139 g/mol. The molecule has 3 heteroatoms. The molecule has 1 heterocycles. The number of nitrogens with zero attached hydrogens (tertiary/aromatic N) is 3. The van der Waals surface area contributed by atoms with Gasteiger partial charge in [0.1, 0.15) is 6.34 Å². The van der Waals surface area contributed by atoms with Crippen molar-refractivity contribution < 1.29 is 0 Å².